The lowest BCUT2D eigenvalue weighted by Crippen LogP contribution is -2.40. The molecule has 1 N–H and O–H groups in total. The smallest absolute Gasteiger partial charge is 0.423 e. The van der Waals surface area contributed by atoms with Crippen LogP contribution in [0.4, 0.5) is 4.79 Å². The van der Waals surface area contributed by atoms with Crippen molar-refractivity contribution in [3.63, 3.8) is 0 Å². The van der Waals surface area contributed by atoms with E-state index in [4.69, 9.17) is 0 Å². The van der Waals surface area contributed by atoms with E-state index in [1.807, 2.05) is 6.08 Å². The molecule has 0 bridgehead atoms. The molecule has 1 fully saturated rings. The van der Waals surface area contributed by atoms with E-state index >= 15 is 0 Å². The van der Waals surface area contributed by atoms with E-state index in [1.54, 1.807) is 32.9 Å². The zero-order valence-corrected chi connectivity index (χ0v) is 19.9. The van der Waals surface area contributed by atoms with Crippen molar-refractivity contribution in [1.82, 2.24) is 4.90 Å². The molecule has 1 aromatic rings. The molecule has 0 aromatic heterocycles. The first kappa shape index (κ1) is 23.0. The maximum Gasteiger partial charge on any atom is 0.423 e. The van der Waals surface area contributed by atoms with Gasteiger partial charge in [-0.15, -0.1) is 0 Å². The van der Waals surface area contributed by atoms with Gasteiger partial charge in [0.25, 0.3) is 0 Å². The van der Waals surface area contributed by atoms with Crippen molar-refractivity contribution in [2.75, 3.05) is 7.11 Å². The number of allylic oxidation sites excluding steroid dienone is 6. The van der Waals surface area contributed by atoms with Crippen LogP contribution in [0.1, 0.15) is 42.4 Å². The Balaban J connectivity index is 1.70. The van der Waals surface area contributed by atoms with Crippen molar-refractivity contribution in [2.45, 2.75) is 39.5 Å². The lowest BCUT2D eigenvalue weighted by molar-refractivity contribution is -0.137. The third-order valence-corrected chi connectivity index (χ3v) is 7.77. The van der Waals surface area contributed by atoms with Crippen LogP contribution in [0.15, 0.2) is 46.6 Å². The molecule has 1 saturated heterocycles. The van der Waals surface area contributed by atoms with Gasteiger partial charge < -0.3 is 9.84 Å². The van der Waals surface area contributed by atoms with Gasteiger partial charge in [-0.3, -0.25) is 19.2 Å². The Kier molecular flexibility index (Phi) is 5.16. The van der Waals surface area contributed by atoms with Crippen LogP contribution in [0, 0.1) is 31.6 Å². The first-order valence-electron chi connectivity index (χ1n) is 11.5. The fraction of sp³-hybridized carbons (Fsp3) is 0.370. The molecule has 3 aliphatic carbocycles. The molecular weight excluding hydrogens is 450 g/mol. The highest BCUT2D eigenvalue weighted by atomic mass is 16.5. The van der Waals surface area contributed by atoms with E-state index in [0.717, 1.165) is 18.2 Å². The lowest BCUT2D eigenvalue weighted by atomic mass is 9.59. The highest BCUT2D eigenvalue weighted by molar-refractivity contribution is 6.24. The summed E-state index contributed by atoms with van der Waals surface area (Å²) in [6.45, 7) is 5.14. The third kappa shape index (κ3) is 3.16. The van der Waals surface area contributed by atoms with Crippen LogP contribution in [0.25, 0.3) is 0 Å². The number of amides is 3. The monoisotopic (exact) mass is 475 g/mol. The average molecular weight is 475 g/mol. The zero-order chi connectivity index (χ0) is 25.3. The molecule has 5 rings (SSSR count). The number of carbonyl (C=O) groups excluding carboxylic acids is 5. The lowest BCUT2D eigenvalue weighted by Gasteiger charge is -2.42. The average Bonchev–Trinajstić information content (AvgIpc) is 3.08. The van der Waals surface area contributed by atoms with Gasteiger partial charge in [-0.2, -0.15) is 4.90 Å². The van der Waals surface area contributed by atoms with Gasteiger partial charge in [0.1, 0.15) is 5.75 Å². The van der Waals surface area contributed by atoms with Crippen LogP contribution in [0.3, 0.4) is 0 Å². The van der Waals surface area contributed by atoms with Crippen molar-refractivity contribution in [3.05, 3.63) is 63.3 Å². The van der Waals surface area contributed by atoms with Crippen LogP contribution < -0.4 is 0 Å². The van der Waals surface area contributed by atoms with E-state index in [0.29, 0.717) is 32.7 Å². The Morgan fingerprint density at radius 3 is 2.31 bits per heavy atom. The number of ketones is 2. The molecule has 4 aliphatic rings. The van der Waals surface area contributed by atoms with Crippen molar-refractivity contribution < 1.29 is 33.8 Å². The summed E-state index contributed by atoms with van der Waals surface area (Å²) in [4.78, 5) is 65.5. The molecule has 1 heterocycles. The standard InChI is InChI=1S/C27H25NO7/c1-11-7-14(8-12(2)23(11)30)20-15-5-6-16-21(26(33)28(25(16)32)27(34)35-4)17(15)10-18-19(29)9-13(3)24(31)22(18)20/h5,7-9,16-17,20-21,30H,6,10H2,1-4H3/t16-,17+,20-,21-/m0/s1. The van der Waals surface area contributed by atoms with Crippen LogP contribution >= 0.6 is 0 Å². The topological polar surface area (TPSA) is 118 Å². The molecule has 1 aliphatic heterocycles. The third-order valence-electron chi connectivity index (χ3n) is 7.77. The minimum absolute atomic E-state index is 0.136. The quantitative estimate of drug-likeness (QED) is 0.376. The normalized spacial score (nSPS) is 27.8. The molecular formula is C27H25NO7. The molecule has 1 aromatic carbocycles. The number of phenolic OH excluding ortho intramolecular Hbond substituents is 1. The molecule has 3 amide bonds. The van der Waals surface area contributed by atoms with Gasteiger partial charge in [-0.1, -0.05) is 23.8 Å². The number of benzene rings is 1. The SMILES string of the molecule is COC(=O)N1C(=O)[C@H]2[C@H](CC=C3[C@H](c4cc(C)c(O)c(C)c4)C4=C(C[C@H]32)C(=O)C=C(C)C4=O)C1=O. The number of methoxy groups -OCH3 is 1. The van der Waals surface area contributed by atoms with Crippen LogP contribution in [0.5, 0.6) is 5.75 Å². The van der Waals surface area contributed by atoms with Gasteiger partial charge >= 0.3 is 6.09 Å². The number of carbonyl (C=O) groups is 5. The molecule has 8 nitrogen and oxygen atoms in total. The number of aryl methyl sites for hydroxylation is 2. The number of nitrogens with zero attached hydrogens (tertiary/aromatic N) is 1. The predicted molar refractivity (Wildman–Crippen MR) is 123 cm³/mol. The van der Waals surface area contributed by atoms with E-state index in [2.05, 4.69) is 4.74 Å². The maximum atomic E-state index is 13.4. The number of hydrogen-bond donors (Lipinski definition) is 1. The van der Waals surface area contributed by atoms with Gasteiger partial charge in [-0.05, 0) is 62.3 Å². The summed E-state index contributed by atoms with van der Waals surface area (Å²) in [6, 6.07) is 3.58. The first-order chi connectivity index (χ1) is 16.6. The van der Waals surface area contributed by atoms with Gasteiger partial charge in [-0.25, -0.2) is 4.79 Å². The van der Waals surface area contributed by atoms with E-state index in [9.17, 15) is 29.1 Å². The van der Waals surface area contributed by atoms with E-state index in [1.165, 1.54) is 6.08 Å². The second-order valence-electron chi connectivity index (χ2n) is 9.71. The number of imide groups is 3. The fourth-order valence-electron chi connectivity index (χ4n) is 6.17. The largest absolute Gasteiger partial charge is 0.507 e. The summed E-state index contributed by atoms with van der Waals surface area (Å²) >= 11 is 0. The summed E-state index contributed by atoms with van der Waals surface area (Å²) in [7, 11) is 1.11. The highest BCUT2D eigenvalue weighted by Crippen LogP contribution is 2.55. The minimum Gasteiger partial charge on any atom is -0.507 e. The van der Waals surface area contributed by atoms with Crippen LogP contribution in [0.2, 0.25) is 0 Å². The van der Waals surface area contributed by atoms with Gasteiger partial charge in [0.2, 0.25) is 11.8 Å². The number of phenols is 1. The second-order valence-corrected chi connectivity index (χ2v) is 9.71. The zero-order valence-electron chi connectivity index (χ0n) is 19.9. The molecule has 4 atom stereocenters. The van der Waals surface area contributed by atoms with Crippen molar-refractivity contribution in [1.29, 1.82) is 0 Å². The second kappa shape index (κ2) is 7.86. The summed E-state index contributed by atoms with van der Waals surface area (Å²) < 4.78 is 4.66. The number of hydrogen-bond acceptors (Lipinski definition) is 7. The molecule has 0 radical (unpaired) electrons. The Morgan fingerprint density at radius 2 is 1.69 bits per heavy atom. The number of ether oxygens (including phenoxy) is 1. The van der Waals surface area contributed by atoms with Gasteiger partial charge in [0, 0.05) is 22.6 Å². The van der Waals surface area contributed by atoms with E-state index in [-0.39, 0.29) is 30.2 Å². The first-order valence-corrected chi connectivity index (χ1v) is 11.5. The predicted octanol–water partition coefficient (Wildman–Crippen LogP) is 3.20. The van der Waals surface area contributed by atoms with Crippen molar-refractivity contribution in [3.8, 4) is 5.75 Å². The van der Waals surface area contributed by atoms with Gasteiger partial charge in [0.05, 0.1) is 18.9 Å². The molecule has 35 heavy (non-hydrogen) atoms. The van der Waals surface area contributed by atoms with Gasteiger partial charge in [0.15, 0.2) is 11.6 Å². The van der Waals surface area contributed by atoms with Crippen LogP contribution in [-0.2, 0) is 23.9 Å². The fourth-order valence-corrected chi connectivity index (χ4v) is 6.17. The summed E-state index contributed by atoms with van der Waals surface area (Å²) in [5.41, 5.74) is 3.86. The Hall–Kier alpha value is -3.81. The van der Waals surface area contributed by atoms with Crippen LogP contribution in [-0.4, -0.2) is 46.6 Å². The number of rotatable bonds is 1. The summed E-state index contributed by atoms with van der Waals surface area (Å²) in [6.07, 6.45) is 2.56. The Morgan fingerprint density at radius 1 is 1.03 bits per heavy atom. The maximum absolute atomic E-state index is 13.4. The minimum atomic E-state index is -1.02. The number of likely N-dealkylation sites (tertiary alicyclic amines) is 1. The highest BCUT2D eigenvalue weighted by Gasteiger charge is 2.58. The molecule has 8 heteroatoms. The number of Topliss-reactive ketones (excluding diaryl/α,β-unsaturated/α-hetero) is 1. The molecule has 0 unspecified atom stereocenters. The van der Waals surface area contributed by atoms with Crippen molar-refractivity contribution in [2.24, 2.45) is 17.8 Å². The molecule has 0 saturated carbocycles. The summed E-state index contributed by atoms with van der Waals surface area (Å²) in [5, 5.41) is 10.3. The molecule has 180 valence electrons. The summed E-state index contributed by atoms with van der Waals surface area (Å²) in [5.74, 6) is -4.27. The van der Waals surface area contributed by atoms with Crippen molar-refractivity contribution >= 4 is 29.5 Å². The number of fused-ring (bicyclic) bond motifs is 3. The number of aromatic hydroxyl groups is 1. The Bertz CT molecular complexity index is 1320. The Labute approximate surface area is 201 Å². The van der Waals surface area contributed by atoms with E-state index < -0.39 is 41.6 Å². The molecule has 0 spiro atoms.